The van der Waals surface area contributed by atoms with Crippen LogP contribution in [0.1, 0.15) is 23.6 Å². The number of para-hydroxylation sites is 1. The molecule has 19 heavy (non-hydrogen) atoms. The number of hydrogen-bond acceptors (Lipinski definition) is 2. The Balaban J connectivity index is 1.94. The van der Waals surface area contributed by atoms with Gasteiger partial charge in [-0.3, -0.25) is 0 Å². The second-order valence-electron chi connectivity index (χ2n) is 4.74. The Labute approximate surface area is 121 Å². The first kappa shape index (κ1) is 12.5. The number of halogens is 1. The monoisotopic (exact) mass is 317 g/mol. The van der Waals surface area contributed by atoms with E-state index in [1.54, 1.807) is 7.11 Å². The Hall–Kier alpha value is -1.48. The molecule has 0 spiro atoms. The molecule has 1 unspecified atom stereocenters. The Bertz CT molecular complexity index is 597. The molecule has 2 nitrogen and oxygen atoms in total. The summed E-state index contributed by atoms with van der Waals surface area (Å²) in [6, 6.07) is 14.9. The quantitative estimate of drug-likeness (QED) is 0.876. The summed E-state index contributed by atoms with van der Waals surface area (Å²) in [5.41, 5.74) is 3.82. The highest BCUT2D eigenvalue weighted by molar-refractivity contribution is 9.10. The molecule has 1 heterocycles. The fourth-order valence-electron chi connectivity index (χ4n) is 2.68. The lowest BCUT2D eigenvalue weighted by Gasteiger charge is -2.29. The van der Waals surface area contributed by atoms with Crippen LogP contribution in [0.3, 0.4) is 0 Å². The Morgan fingerprint density at radius 1 is 1.16 bits per heavy atom. The largest absolute Gasteiger partial charge is 0.496 e. The first-order chi connectivity index (χ1) is 9.29. The van der Waals surface area contributed by atoms with Crippen molar-refractivity contribution in [2.24, 2.45) is 0 Å². The highest BCUT2D eigenvalue weighted by atomic mass is 79.9. The topological polar surface area (TPSA) is 21.3 Å². The number of fused-ring (bicyclic) bond motifs is 1. The predicted molar refractivity (Wildman–Crippen MR) is 81.8 cm³/mol. The summed E-state index contributed by atoms with van der Waals surface area (Å²) in [6.07, 6.45) is 2.16. The maximum atomic E-state index is 5.46. The van der Waals surface area contributed by atoms with Crippen LogP contribution in [0.25, 0.3) is 0 Å². The van der Waals surface area contributed by atoms with E-state index < -0.39 is 0 Å². The zero-order valence-corrected chi connectivity index (χ0v) is 12.4. The van der Waals surface area contributed by atoms with Crippen LogP contribution in [0.4, 0.5) is 5.69 Å². The summed E-state index contributed by atoms with van der Waals surface area (Å²) >= 11 is 3.62. The van der Waals surface area contributed by atoms with E-state index in [1.807, 2.05) is 12.1 Å². The molecule has 3 heteroatoms. The number of nitrogens with one attached hydrogen (secondary N) is 1. The van der Waals surface area contributed by atoms with Crippen molar-refractivity contribution in [3.8, 4) is 5.75 Å². The summed E-state index contributed by atoms with van der Waals surface area (Å²) in [5, 5.41) is 3.62. The van der Waals surface area contributed by atoms with E-state index >= 15 is 0 Å². The summed E-state index contributed by atoms with van der Waals surface area (Å²) in [6.45, 7) is 0. The molecule has 0 amide bonds. The zero-order chi connectivity index (χ0) is 13.2. The van der Waals surface area contributed by atoms with Crippen molar-refractivity contribution in [3.63, 3.8) is 0 Å². The van der Waals surface area contributed by atoms with Gasteiger partial charge in [-0.15, -0.1) is 0 Å². The first-order valence-electron chi connectivity index (χ1n) is 6.46. The summed E-state index contributed by atoms with van der Waals surface area (Å²) in [7, 11) is 1.73. The summed E-state index contributed by atoms with van der Waals surface area (Å²) in [4.78, 5) is 0. The molecular weight excluding hydrogens is 302 g/mol. The second kappa shape index (κ2) is 5.25. The number of ether oxygens (including phenoxy) is 1. The predicted octanol–water partition coefficient (Wildman–Crippen LogP) is 4.56. The van der Waals surface area contributed by atoms with Gasteiger partial charge < -0.3 is 10.1 Å². The molecule has 1 aliphatic rings. The minimum absolute atomic E-state index is 0.318. The van der Waals surface area contributed by atoms with Crippen molar-refractivity contribution in [3.05, 3.63) is 58.1 Å². The zero-order valence-electron chi connectivity index (χ0n) is 10.8. The molecule has 3 rings (SSSR count). The van der Waals surface area contributed by atoms with Crippen LogP contribution in [0.15, 0.2) is 46.9 Å². The van der Waals surface area contributed by atoms with Gasteiger partial charge in [-0.25, -0.2) is 0 Å². The van der Waals surface area contributed by atoms with Gasteiger partial charge in [0.1, 0.15) is 5.75 Å². The molecule has 0 fully saturated rings. The van der Waals surface area contributed by atoms with E-state index in [0.29, 0.717) is 6.04 Å². The van der Waals surface area contributed by atoms with Gasteiger partial charge in [0.2, 0.25) is 0 Å². The van der Waals surface area contributed by atoms with E-state index in [2.05, 4.69) is 51.6 Å². The van der Waals surface area contributed by atoms with Crippen LogP contribution in [0.5, 0.6) is 5.75 Å². The lowest BCUT2D eigenvalue weighted by molar-refractivity contribution is 0.405. The fourth-order valence-corrected chi connectivity index (χ4v) is 3.25. The molecule has 0 bridgehead atoms. The highest BCUT2D eigenvalue weighted by Gasteiger charge is 2.22. The van der Waals surface area contributed by atoms with Gasteiger partial charge in [0.05, 0.1) is 13.2 Å². The van der Waals surface area contributed by atoms with E-state index in [1.165, 1.54) is 21.3 Å². The number of anilines is 1. The second-order valence-corrected chi connectivity index (χ2v) is 5.60. The highest BCUT2D eigenvalue weighted by Crippen LogP contribution is 2.38. The van der Waals surface area contributed by atoms with Crippen molar-refractivity contribution in [1.82, 2.24) is 0 Å². The van der Waals surface area contributed by atoms with Gasteiger partial charge in [0.25, 0.3) is 0 Å². The van der Waals surface area contributed by atoms with Crippen molar-refractivity contribution in [2.75, 3.05) is 12.4 Å². The van der Waals surface area contributed by atoms with Crippen molar-refractivity contribution in [1.29, 1.82) is 0 Å². The minimum atomic E-state index is 0.318. The van der Waals surface area contributed by atoms with Crippen molar-refractivity contribution in [2.45, 2.75) is 18.9 Å². The van der Waals surface area contributed by atoms with Gasteiger partial charge in [-0.1, -0.05) is 40.2 Å². The number of benzene rings is 2. The Morgan fingerprint density at radius 3 is 2.84 bits per heavy atom. The number of hydrogen-bond donors (Lipinski definition) is 1. The van der Waals surface area contributed by atoms with Gasteiger partial charge in [-0.2, -0.15) is 0 Å². The minimum Gasteiger partial charge on any atom is -0.496 e. The van der Waals surface area contributed by atoms with E-state index in [4.69, 9.17) is 4.74 Å². The summed E-state index contributed by atoms with van der Waals surface area (Å²) < 4.78 is 6.65. The molecule has 2 aromatic carbocycles. The molecule has 0 aromatic heterocycles. The maximum Gasteiger partial charge on any atom is 0.124 e. The van der Waals surface area contributed by atoms with Crippen LogP contribution in [0.2, 0.25) is 0 Å². The smallest absolute Gasteiger partial charge is 0.124 e. The van der Waals surface area contributed by atoms with Crippen LogP contribution in [0, 0.1) is 0 Å². The van der Waals surface area contributed by atoms with Crippen molar-refractivity contribution >= 4 is 21.6 Å². The molecule has 1 N–H and O–H groups in total. The normalized spacial score (nSPS) is 17.5. The number of rotatable bonds is 2. The average Bonchev–Trinajstić information content (AvgIpc) is 2.47. The standard InChI is InChI=1S/C16H16BrNO/c1-19-16-8-3-2-5-12(16)15-10-9-11-13(17)6-4-7-14(11)18-15/h2-8,15,18H,9-10H2,1H3. The van der Waals surface area contributed by atoms with Crippen LogP contribution in [-0.2, 0) is 6.42 Å². The number of methoxy groups -OCH3 is 1. The fraction of sp³-hybridized carbons (Fsp3) is 0.250. The van der Waals surface area contributed by atoms with Crippen molar-refractivity contribution < 1.29 is 4.74 Å². The Kier molecular flexibility index (Phi) is 3.47. The molecule has 0 radical (unpaired) electrons. The molecule has 0 saturated carbocycles. The third-order valence-electron chi connectivity index (χ3n) is 3.65. The maximum absolute atomic E-state index is 5.46. The molecular formula is C16H16BrNO. The summed E-state index contributed by atoms with van der Waals surface area (Å²) in [5.74, 6) is 0.957. The van der Waals surface area contributed by atoms with Gasteiger partial charge in [-0.05, 0) is 36.6 Å². The SMILES string of the molecule is COc1ccccc1C1CCc2c(Br)cccc2N1. The van der Waals surface area contributed by atoms with E-state index in [9.17, 15) is 0 Å². The van der Waals surface area contributed by atoms with Gasteiger partial charge >= 0.3 is 0 Å². The average molecular weight is 318 g/mol. The first-order valence-corrected chi connectivity index (χ1v) is 7.25. The molecule has 0 saturated heterocycles. The third kappa shape index (κ3) is 2.35. The molecule has 98 valence electrons. The lowest BCUT2D eigenvalue weighted by Crippen LogP contribution is -2.18. The molecule has 2 aromatic rings. The molecule has 1 aliphatic heterocycles. The van der Waals surface area contributed by atoms with Gasteiger partial charge in [0.15, 0.2) is 0 Å². The third-order valence-corrected chi connectivity index (χ3v) is 4.39. The lowest BCUT2D eigenvalue weighted by atomic mass is 9.93. The van der Waals surface area contributed by atoms with Crippen LogP contribution >= 0.6 is 15.9 Å². The molecule has 1 atom stereocenters. The molecule has 0 aliphatic carbocycles. The van der Waals surface area contributed by atoms with Crippen LogP contribution < -0.4 is 10.1 Å². The van der Waals surface area contributed by atoms with Gasteiger partial charge in [0, 0.05) is 15.7 Å². The van der Waals surface area contributed by atoms with E-state index in [-0.39, 0.29) is 0 Å². The van der Waals surface area contributed by atoms with E-state index in [0.717, 1.165) is 18.6 Å². The van der Waals surface area contributed by atoms with Crippen LogP contribution in [-0.4, -0.2) is 7.11 Å². The Morgan fingerprint density at radius 2 is 2.00 bits per heavy atom.